The van der Waals surface area contributed by atoms with Crippen LogP contribution in [0.15, 0.2) is 258 Å². The lowest BCUT2D eigenvalue weighted by Gasteiger charge is -2.12. The minimum atomic E-state index is -5.77. The summed E-state index contributed by atoms with van der Waals surface area (Å²) in [5.41, 5.74) is 5.35. The van der Waals surface area contributed by atoms with Crippen molar-refractivity contribution < 1.29 is 126 Å². The first kappa shape index (κ1) is 79.9. The Labute approximate surface area is 599 Å². The summed E-state index contributed by atoms with van der Waals surface area (Å²) in [5.74, 6) is -38.5. The van der Waals surface area contributed by atoms with Gasteiger partial charge in [0.25, 0.3) is 0 Å². The van der Waals surface area contributed by atoms with E-state index in [2.05, 4.69) is 222 Å². The summed E-state index contributed by atoms with van der Waals surface area (Å²) in [6.07, 6.45) is 0. The summed E-state index contributed by atoms with van der Waals surface area (Å²) in [6, 6.07) is 72.2. The van der Waals surface area contributed by atoms with Gasteiger partial charge in [-0.25, -0.2) is 91.1 Å². The third kappa shape index (κ3) is 18.8. The third-order valence-electron chi connectivity index (χ3n) is 13.9. The molecule has 11 aromatic rings. The molecule has 0 atom stereocenters. The van der Waals surface area contributed by atoms with E-state index >= 15 is 0 Å². The van der Waals surface area contributed by atoms with Crippen molar-refractivity contribution in [2.24, 2.45) is 0 Å². The molecule has 0 saturated heterocycles. The second-order valence-electron chi connectivity index (χ2n) is 20.9. The van der Waals surface area contributed by atoms with E-state index in [4.69, 9.17) is 0 Å². The first-order valence-electron chi connectivity index (χ1n) is 28.5. The molecule has 9 nitrogen and oxygen atoms in total. The van der Waals surface area contributed by atoms with Gasteiger partial charge in [0.2, 0.25) is 17.5 Å². The van der Waals surface area contributed by atoms with Gasteiger partial charge in [0.15, 0.2) is 106 Å². The normalized spacial score (nSPS) is 11.6. The number of hydrogen-bond donors (Lipinski definition) is 0. The van der Waals surface area contributed by atoms with Crippen LogP contribution in [0.4, 0.5) is 65.9 Å². The molecule has 0 heterocycles. The first-order chi connectivity index (χ1) is 47.9. The number of benzene rings is 11. The van der Waals surface area contributed by atoms with Crippen LogP contribution < -0.4 is 21.2 Å². The molecule has 0 amide bonds. The summed E-state index contributed by atoms with van der Waals surface area (Å²) < 4.78 is 282. The van der Waals surface area contributed by atoms with Gasteiger partial charge in [-0.1, -0.05) is 96.3 Å². The highest BCUT2D eigenvalue weighted by molar-refractivity contribution is 8.00. The monoisotopic (exact) mass is 1660 g/mol. The SMILES string of the molecule is Cc1ccccc1[S+](c1ccc(Sc2ccc([I+]c3ccc(Sc4ccc([S+](c5ccccc5C)c5ccccc5C)cc4)cc3)cc2)cc1)c1ccccc1C.O=S(=O)([O-])c1c(F)c(F)c(F)c(F)c1F.O=S(=O)([O-])c1c(F)c(F)c(F)c(F)c1F.O=S(=O)([O-])c1c(F)c(F)c(F)c(F)c1F. The lowest BCUT2D eigenvalue weighted by atomic mass is 10.2. The van der Waals surface area contributed by atoms with E-state index in [9.17, 15) is 105 Å². The predicted octanol–water partition coefficient (Wildman–Crippen LogP) is 15.4. The Bertz CT molecular complexity index is 4710. The maximum absolute atomic E-state index is 12.6. The van der Waals surface area contributed by atoms with Crippen molar-refractivity contribution in [3.05, 3.63) is 311 Å². The molecule has 0 aliphatic heterocycles. The Morgan fingerprint density at radius 2 is 0.441 bits per heavy atom. The van der Waals surface area contributed by atoms with Gasteiger partial charge in [0.1, 0.15) is 45.0 Å². The lowest BCUT2D eigenvalue weighted by molar-refractivity contribution is -0.597. The fraction of sp³-hybridized carbons (Fsp3) is 0.0571. The smallest absolute Gasteiger partial charge is 0.357 e. The van der Waals surface area contributed by atoms with E-state index in [0.717, 1.165) is 0 Å². The molecule has 102 heavy (non-hydrogen) atoms. The molecule has 0 saturated carbocycles. The lowest BCUT2D eigenvalue weighted by Crippen LogP contribution is -3.61. The molecule has 0 unspecified atom stereocenters. The summed E-state index contributed by atoms with van der Waals surface area (Å²) in [4.78, 5) is 6.23. The van der Waals surface area contributed by atoms with Crippen LogP contribution in [0.1, 0.15) is 22.3 Å². The first-order valence-corrected chi connectivity index (χ1v) is 38.9. The van der Waals surface area contributed by atoms with Crippen LogP contribution in [0.2, 0.25) is 0 Å². The fourth-order valence-corrected chi connectivity index (χ4v) is 19.5. The summed E-state index contributed by atoms with van der Waals surface area (Å²) in [5, 5.41) is 0. The summed E-state index contributed by atoms with van der Waals surface area (Å²) >= 11 is 3.42. The van der Waals surface area contributed by atoms with Crippen LogP contribution >= 0.6 is 23.5 Å². The topological polar surface area (TPSA) is 172 Å². The minimum Gasteiger partial charge on any atom is -0.744 e. The summed E-state index contributed by atoms with van der Waals surface area (Å²) in [7, 11) is -17.6. The van der Waals surface area contributed by atoms with Gasteiger partial charge in [-0.3, -0.25) is 0 Å². The van der Waals surface area contributed by atoms with Crippen LogP contribution in [-0.2, 0) is 52.1 Å². The Morgan fingerprint density at radius 1 is 0.265 bits per heavy atom. The highest BCUT2D eigenvalue weighted by Crippen LogP contribution is 2.39. The van der Waals surface area contributed by atoms with E-state index in [1.165, 1.54) is 78.3 Å². The van der Waals surface area contributed by atoms with E-state index < -0.39 is 132 Å². The number of halogens is 16. The molecule has 0 spiro atoms. The van der Waals surface area contributed by atoms with Gasteiger partial charge in [0, 0.05) is 41.8 Å². The van der Waals surface area contributed by atoms with Crippen LogP contribution in [0, 0.1) is 122 Å². The molecule has 11 rings (SSSR count). The van der Waals surface area contributed by atoms with Crippen molar-refractivity contribution in [3.63, 3.8) is 0 Å². The van der Waals surface area contributed by atoms with E-state index in [1.54, 1.807) is 0 Å². The van der Waals surface area contributed by atoms with Crippen LogP contribution in [0.5, 0.6) is 0 Å². The van der Waals surface area contributed by atoms with Crippen LogP contribution in [0.3, 0.4) is 0 Å². The molecule has 532 valence electrons. The zero-order valence-electron chi connectivity index (χ0n) is 52.1. The molecule has 0 N–H and O–H groups in total. The zero-order chi connectivity index (χ0) is 75.0. The molecule has 0 fully saturated rings. The minimum absolute atomic E-state index is 0.151. The number of rotatable bonds is 15. The average molecular weight is 1670 g/mol. The van der Waals surface area contributed by atoms with Crippen molar-refractivity contribution in [1.29, 1.82) is 0 Å². The Morgan fingerprint density at radius 3 is 0.627 bits per heavy atom. The van der Waals surface area contributed by atoms with Gasteiger partial charge < -0.3 is 13.7 Å². The van der Waals surface area contributed by atoms with Gasteiger partial charge in [-0.15, -0.1) is 0 Å². The highest BCUT2D eigenvalue weighted by atomic mass is 127. The maximum atomic E-state index is 12.6. The van der Waals surface area contributed by atoms with Crippen LogP contribution in [-0.4, -0.2) is 38.9 Å². The molecule has 32 heteroatoms. The number of aryl methyl sites for hydroxylation is 4. The van der Waals surface area contributed by atoms with E-state index in [0.29, 0.717) is 0 Å². The molecular weight excluding hydrogens is 1620 g/mol. The molecule has 0 aromatic heterocycles. The Balaban J connectivity index is 0.000000235. The van der Waals surface area contributed by atoms with Crippen molar-refractivity contribution in [1.82, 2.24) is 0 Å². The quantitative estimate of drug-likeness (QED) is 0.0239. The Kier molecular flexibility index (Phi) is 26.5. The van der Waals surface area contributed by atoms with Crippen molar-refractivity contribution in [3.8, 4) is 0 Å². The predicted molar refractivity (Wildman–Crippen MR) is 343 cm³/mol. The number of hydrogen-bond acceptors (Lipinski definition) is 11. The Hall–Kier alpha value is -7.77. The molecule has 0 aliphatic rings. The van der Waals surface area contributed by atoms with Crippen molar-refractivity contribution in [2.45, 2.75) is 91.3 Å². The highest BCUT2D eigenvalue weighted by Gasteiger charge is 2.35. The molecule has 0 aliphatic carbocycles. The molecule has 0 radical (unpaired) electrons. The third-order valence-corrected chi connectivity index (χ3v) is 26.3. The molecular formula is C70H44F15IO9S7. The van der Waals surface area contributed by atoms with Crippen molar-refractivity contribution in [2.75, 3.05) is 0 Å². The second kappa shape index (κ2) is 33.8. The average Bonchev–Trinajstić information content (AvgIpc) is 0.771. The van der Waals surface area contributed by atoms with Crippen molar-refractivity contribution >= 4 is 75.7 Å². The van der Waals surface area contributed by atoms with E-state index in [-0.39, 0.29) is 43.0 Å². The standard InChI is InChI=1S/C52H44IS4.3C6HF5O3S/c1-37-13-5-9-17-49(37)56(50-18-10-6-14-38(50)2)47-33-29-45(30-34-47)54-43-25-21-41(22-26-43)53-42-23-27-44(28-24-42)55-46-31-35-48(36-32-46)57(51-19-11-7-15-39(51)3)52-20-12-8-16-40(52)4;3*7-1-2(8)4(10)6(15(12,13)14)5(11)3(1)9/h5-36H,1-4H3;3*(H,12,13,14)/q+3;;;/p-3. The van der Waals surface area contributed by atoms with Gasteiger partial charge in [-0.2, -0.15) is 0 Å². The van der Waals surface area contributed by atoms with Gasteiger partial charge in [-0.05, 0) is 149 Å². The summed E-state index contributed by atoms with van der Waals surface area (Å²) in [6.45, 7) is 8.92. The molecule has 0 bridgehead atoms. The van der Waals surface area contributed by atoms with Gasteiger partial charge in [0.05, 0.1) is 21.8 Å². The van der Waals surface area contributed by atoms with E-state index in [1.807, 2.05) is 23.5 Å². The van der Waals surface area contributed by atoms with Crippen LogP contribution in [0.25, 0.3) is 0 Å². The molecule has 11 aromatic carbocycles. The fourth-order valence-electron chi connectivity index (χ4n) is 9.12. The van der Waals surface area contributed by atoms with Gasteiger partial charge >= 0.3 is 21.2 Å². The second-order valence-corrected chi connectivity index (χ2v) is 34.1. The largest absolute Gasteiger partial charge is 0.744 e. The maximum Gasteiger partial charge on any atom is 0.357 e. The zero-order valence-corrected chi connectivity index (χ0v) is 59.9.